The molecule has 2 aromatic rings. The maximum absolute atomic E-state index is 13.6. The van der Waals surface area contributed by atoms with Gasteiger partial charge in [-0.1, -0.05) is 22.0 Å². The number of hydrogen-bond donors (Lipinski definition) is 2. The summed E-state index contributed by atoms with van der Waals surface area (Å²) >= 11 is 4.58. The van der Waals surface area contributed by atoms with Gasteiger partial charge in [0, 0.05) is 22.6 Å². The van der Waals surface area contributed by atoms with E-state index in [0.29, 0.717) is 16.5 Å². The molecule has 3 rings (SSSR count). The van der Waals surface area contributed by atoms with Crippen molar-refractivity contribution in [3.63, 3.8) is 0 Å². The highest BCUT2D eigenvalue weighted by atomic mass is 79.9. The lowest BCUT2D eigenvalue weighted by atomic mass is 9.96. The van der Waals surface area contributed by atoms with Gasteiger partial charge < -0.3 is 10.4 Å². The average molecular weight is 414 g/mol. The zero-order valence-corrected chi connectivity index (χ0v) is 14.4. The zero-order valence-electron chi connectivity index (χ0n) is 12.0. The molecule has 1 aromatic heterocycles. The molecule has 1 aliphatic heterocycles. The first-order valence-corrected chi connectivity index (χ1v) is 8.73. The first-order chi connectivity index (χ1) is 11.5. The van der Waals surface area contributed by atoms with Crippen LogP contribution in [0.2, 0.25) is 0 Å². The van der Waals surface area contributed by atoms with Crippen LogP contribution in [0.25, 0.3) is 0 Å². The summed E-state index contributed by atoms with van der Waals surface area (Å²) in [5.41, 5.74) is 0.607. The van der Waals surface area contributed by atoms with Gasteiger partial charge in [-0.3, -0.25) is 4.99 Å². The third kappa shape index (κ3) is 3.09. The molecular formula is C15H10BrF2N3O2S. The molecule has 0 saturated heterocycles. The molecule has 1 atom stereocenters. The van der Waals surface area contributed by atoms with E-state index in [9.17, 15) is 18.7 Å². The van der Waals surface area contributed by atoms with Gasteiger partial charge in [0.25, 0.3) is 0 Å². The number of amidine groups is 1. The van der Waals surface area contributed by atoms with Crippen LogP contribution >= 0.6 is 27.3 Å². The lowest BCUT2D eigenvalue weighted by Gasteiger charge is -2.25. The Labute approximate surface area is 147 Å². The Morgan fingerprint density at radius 3 is 2.75 bits per heavy atom. The lowest BCUT2D eigenvalue weighted by molar-refractivity contribution is -0.133. The SMILES string of the molecule is O=C(O)C1=C(CBr)NC(c2nccs2)=NC1c1ccc(F)c(F)c1. The van der Waals surface area contributed by atoms with Crippen LogP contribution in [0, 0.1) is 11.6 Å². The molecular weight excluding hydrogens is 404 g/mol. The summed E-state index contributed by atoms with van der Waals surface area (Å²) in [7, 11) is 0. The number of carbonyl (C=O) groups is 1. The number of thiazole rings is 1. The number of halogens is 3. The predicted molar refractivity (Wildman–Crippen MR) is 89.3 cm³/mol. The Morgan fingerprint density at radius 2 is 2.17 bits per heavy atom. The highest BCUT2D eigenvalue weighted by molar-refractivity contribution is 9.09. The maximum atomic E-state index is 13.6. The van der Waals surface area contributed by atoms with Crippen molar-refractivity contribution >= 4 is 39.1 Å². The van der Waals surface area contributed by atoms with E-state index in [2.05, 4.69) is 31.2 Å². The number of alkyl halides is 1. The fraction of sp³-hybridized carbons (Fsp3) is 0.133. The van der Waals surface area contributed by atoms with Crippen LogP contribution < -0.4 is 5.32 Å². The largest absolute Gasteiger partial charge is 0.478 e. The van der Waals surface area contributed by atoms with Crippen molar-refractivity contribution < 1.29 is 18.7 Å². The molecule has 2 N–H and O–H groups in total. The summed E-state index contributed by atoms with van der Waals surface area (Å²) in [6, 6.07) is 2.28. The van der Waals surface area contributed by atoms with Crippen LogP contribution in [-0.4, -0.2) is 27.2 Å². The molecule has 0 spiro atoms. The molecule has 124 valence electrons. The molecule has 0 aliphatic carbocycles. The zero-order chi connectivity index (χ0) is 17.3. The Hall–Kier alpha value is -2.13. The third-order valence-corrected chi connectivity index (χ3v) is 4.72. The number of rotatable bonds is 4. The van der Waals surface area contributed by atoms with Gasteiger partial charge in [-0.05, 0) is 17.7 Å². The molecule has 1 aliphatic rings. The van der Waals surface area contributed by atoms with Crippen molar-refractivity contribution in [2.24, 2.45) is 4.99 Å². The average Bonchev–Trinajstić information content (AvgIpc) is 3.10. The minimum Gasteiger partial charge on any atom is -0.478 e. The smallest absolute Gasteiger partial charge is 0.335 e. The number of aliphatic carboxylic acids is 1. The second kappa shape index (κ2) is 6.78. The van der Waals surface area contributed by atoms with Crippen LogP contribution in [0.15, 0.2) is 46.0 Å². The monoisotopic (exact) mass is 413 g/mol. The van der Waals surface area contributed by atoms with Crippen molar-refractivity contribution in [2.75, 3.05) is 5.33 Å². The quantitative estimate of drug-likeness (QED) is 0.754. The van der Waals surface area contributed by atoms with Crippen molar-refractivity contribution in [2.45, 2.75) is 6.04 Å². The number of nitrogens with zero attached hydrogens (tertiary/aromatic N) is 2. The highest BCUT2D eigenvalue weighted by Crippen LogP contribution is 2.33. The summed E-state index contributed by atoms with van der Waals surface area (Å²) in [5.74, 6) is -2.85. The molecule has 0 radical (unpaired) electrons. The van der Waals surface area contributed by atoms with Gasteiger partial charge in [0.2, 0.25) is 0 Å². The van der Waals surface area contributed by atoms with E-state index in [1.807, 2.05) is 0 Å². The second-order valence-electron chi connectivity index (χ2n) is 4.85. The summed E-state index contributed by atoms with van der Waals surface area (Å²) in [5, 5.41) is 15.1. The topological polar surface area (TPSA) is 74.6 Å². The number of aliphatic imine (C=N–C) groups is 1. The van der Waals surface area contributed by atoms with E-state index in [-0.39, 0.29) is 16.5 Å². The molecule has 1 aromatic carbocycles. The number of allylic oxidation sites excluding steroid dienone is 1. The van der Waals surface area contributed by atoms with Crippen LogP contribution in [0.1, 0.15) is 16.6 Å². The van der Waals surface area contributed by atoms with Crippen LogP contribution in [-0.2, 0) is 4.79 Å². The number of carboxylic acid groups (broad SMARTS) is 1. The van der Waals surface area contributed by atoms with Gasteiger partial charge in [-0.25, -0.2) is 18.6 Å². The van der Waals surface area contributed by atoms with Crippen LogP contribution in [0.5, 0.6) is 0 Å². The standard InChI is InChI=1S/C15H10BrF2N3O2S/c16-6-10-11(15(22)23)12(7-1-2-8(17)9(18)5-7)21-13(20-10)14-19-3-4-24-14/h1-5,12H,6H2,(H,20,21)(H,22,23). The molecule has 0 amide bonds. The Kier molecular flexibility index (Phi) is 4.72. The van der Waals surface area contributed by atoms with Crippen molar-refractivity contribution in [1.29, 1.82) is 0 Å². The van der Waals surface area contributed by atoms with Gasteiger partial charge in [0.15, 0.2) is 22.5 Å². The fourth-order valence-corrected chi connectivity index (χ4v) is 3.36. The van der Waals surface area contributed by atoms with Crippen molar-refractivity contribution in [1.82, 2.24) is 10.3 Å². The fourth-order valence-electron chi connectivity index (χ4n) is 2.33. The molecule has 0 bridgehead atoms. The van der Waals surface area contributed by atoms with Crippen molar-refractivity contribution in [3.05, 3.63) is 63.3 Å². The Bertz CT molecular complexity index is 852. The number of hydrogen-bond acceptors (Lipinski definition) is 5. The highest BCUT2D eigenvalue weighted by Gasteiger charge is 2.31. The lowest BCUT2D eigenvalue weighted by Crippen LogP contribution is -2.34. The molecule has 2 heterocycles. The summed E-state index contributed by atoms with van der Waals surface area (Å²) in [4.78, 5) is 20.2. The third-order valence-electron chi connectivity index (χ3n) is 3.38. The predicted octanol–water partition coefficient (Wildman–Crippen LogP) is 3.25. The molecule has 0 saturated carbocycles. The van der Waals surface area contributed by atoms with Gasteiger partial charge in [0.05, 0.1) is 5.57 Å². The molecule has 0 fully saturated rings. The number of nitrogens with one attached hydrogen (secondary N) is 1. The number of carboxylic acids is 1. The van der Waals surface area contributed by atoms with E-state index < -0.39 is 23.6 Å². The van der Waals surface area contributed by atoms with Gasteiger partial charge in [-0.15, -0.1) is 11.3 Å². The molecule has 5 nitrogen and oxygen atoms in total. The normalized spacial score (nSPS) is 17.5. The minimum atomic E-state index is -1.19. The maximum Gasteiger partial charge on any atom is 0.335 e. The van der Waals surface area contributed by atoms with Gasteiger partial charge >= 0.3 is 5.97 Å². The molecule has 1 unspecified atom stereocenters. The van der Waals surface area contributed by atoms with Crippen molar-refractivity contribution in [3.8, 4) is 0 Å². The van der Waals surface area contributed by atoms with E-state index in [1.54, 1.807) is 11.6 Å². The molecule has 9 heteroatoms. The summed E-state index contributed by atoms with van der Waals surface area (Å²) < 4.78 is 26.8. The van der Waals surface area contributed by atoms with Gasteiger partial charge in [-0.2, -0.15) is 0 Å². The van der Waals surface area contributed by atoms with Crippen LogP contribution in [0.3, 0.4) is 0 Å². The van der Waals surface area contributed by atoms with E-state index in [1.165, 1.54) is 17.4 Å². The second-order valence-corrected chi connectivity index (χ2v) is 6.30. The minimum absolute atomic E-state index is 0.0295. The van der Waals surface area contributed by atoms with E-state index in [0.717, 1.165) is 12.1 Å². The Morgan fingerprint density at radius 1 is 1.38 bits per heavy atom. The first-order valence-electron chi connectivity index (χ1n) is 6.73. The van der Waals surface area contributed by atoms with Crippen LogP contribution in [0.4, 0.5) is 8.78 Å². The first kappa shape index (κ1) is 16.7. The summed E-state index contributed by atoms with van der Waals surface area (Å²) in [6.45, 7) is 0. The van der Waals surface area contributed by atoms with Gasteiger partial charge in [0.1, 0.15) is 6.04 Å². The summed E-state index contributed by atoms with van der Waals surface area (Å²) in [6.07, 6.45) is 1.60. The van der Waals surface area contributed by atoms with E-state index >= 15 is 0 Å². The number of aromatic nitrogens is 1. The Balaban J connectivity index is 2.14. The number of benzene rings is 1. The molecule has 24 heavy (non-hydrogen) atoms. The van der Waals surface area contributed by atoms with E-state index in [4.69, 9.17) is 0 Å².